The Balaban J connectivity index is 2.31. The third-order valence-electron chi connectivity index (χ3n) is 3.16. The number of anilines is 1. The third-order valence-corrected chi connectivity index (χ3v) is 3.16. The molecule has 134 valence electrons. The van der Waals surface area contributed by atoms with Gasteiger partial charge in [0.25, 0.3) is 5.91 Å². The number of hydrogen-bond acceptors (Lipinski definition) is 4. The van der Waals surface area contributed by atoms with Crippen LogP contribution in [0.4, 0.5) is 18.9 Å². The number of halogens is 3. The van der Waals surface area contributed by atoms with Gasteiger partial charge in [-0.25, -0.2) is 0 Å². The van der Waals surface area contributed by atoms with Gasteiger partial charge in [0.05, 0.1) is 12.8 Å². The van der Waals surface area contributed by atoms with E-state index in [1.807, 2.05) is 0 Å². The number of nitrogens with zero attached hydrogens (tertiary/aromatic N) is 1. The fraction of sp³-hybridized carbons (Fsp3) is 0.111. The van der Waals surface area contributed by atoms with E-state index in [-0.39, 0.29) is 5.56 Å². The van der Waals surface area contributed by atoms with Crippen molar-refractivity contribution < 1.29 is 27.4 Å². The molecule has 0 bridgehead atoms. The van der Waals surface area contributed by atoms with E-state index in [4.69, 9.17) is 4.74 Å². The number of hydrogen-bond donors (Lipinski definition) is 1. The van der Waals surface area contributed by atoms with Gasteiger partial charge >= 0.3 is 6.36 Å². The van der Waals surface area contributed by atoms with E-state index in [2.05, 4.69) is 10.1 Å². The SMILES string of the molecule is COc1ccccc1NC(=O)/C(C#N)=C/c1ccccc1OC(F)(F)F. The van der Waals surface area contributed by atoms with Gasteiger partial charge in [-0.05, 0) is 24.3 Å². The topological polar surface area (TPSA) is 71.3 Å². The first-order chi connectivity index (χ1) is 12.3. The minimum atomic E-state index is -4.89. The monoisotopic (exact) mass is 362 g/mol. The molecule has 26 heavy (non-hydrogen) atoms. The smallest absolute Gasteiger partial charge is 0.495 e. The average Bonchev–Trinajstić information content (AvgIpc) is 2.60. The lowest BCUT2D eigenvalue weighted by atomic mass is 10.1. The predicted molar refractivity (Wildman–Crippen MR) is 88.3 cm³/mol. The zero-order valence-electron chi connectivity index (χ0n) is 13.5. The Bertz CT molecular complexity index is 870. The summed E-state index contributed by atoms with van der Waals surface area (Å²) in [6.07, 6.45) is -3.87. The number of rotatable bonds is 5. The number of methoxy groups -OCH3 is 1. The second-order valence-corrected chi connectivity index (χ2v) is 4.91. The van der Waals surface area contributed by atoms with Crippen molar-refractivity contribution in [2.75, 3.05) is 12.4 Å². The molecule has 0 saturated carbocycles. The van der Waals surface area contributed by atoms with E-state index in [1.165, 1.54) is 25.3 Å². The zero-order valence-corrected chi connectivity index (χ0v) is 13.5. The van der Waals surface area contributed by atoms with E-state index in [9.17, 15) is 23.2 Å². The molecule has 5 nitrogen and oxygen atoms in total. The van der Waals surface area contributed by atoms with Gasteiger partial charge in [-0.3, -0.25) is 4.79 Å². The summed E-state index contributed by atoms with van der Waals surface area (Å²) in [5, 5.41) is 11.7. The van der Waals surface area contributed by atoms with Crippen LogP contribution in [0.2, 0.25) is 0 Å². The van der Waals surface area contributed by atoms with Crippen LogP contribution in [-0.4, -0.2) is 19.4 Å². The Hall–Kier alpha value is -3.47. The molecule has 0 heterocycles. The van der Waals surface area contributed by atoms with Gasteiger partial charge in [0, 0.05) is 5.56 Å². The number of ether oxygens (including phenoxy) is 2. The quantitative estimate of drug-likeness (QED) is 0.641. The van der Waals surface area contributed by atoms with Crippen LogP contribution in [-0.2, 0) is 4.79 Å². The Kier molecular flexibility index (Phi) is 5.86. The van der Waals surface area contributed by atoms with Gasteiger partial charge < -0.3 is 14.8 Å². The molecule has 0 fully saturated rings. The standard InChI is InChI=1S/C18H13F3N2O3/c1-25-16-9-5-3-7-14(16)23-17(24)13(11-22)10-12-6-2-4-8-15(12)26-18(19,20)21/h2-10H,1H3,(H,23,24)/b13-10+. The first-order valence-corrected chi connectivity index (χ1v) is 7.25. The Labute approximate surface area is 147 Å². The lowest BCUT2D eigenvalue weighted by Gasteiger charge is -2.12. The molecule has 1 amide bonds. The summed E-state index contributed by atoms with van der Waals surface area (Å²) in [5.74, 6) is -0.935. The Morgan fingerprint density at radius 2 is 1.73 bits per heavy atom. The molecule has 2 aromatic carbocycles. The van der Waals surface area contributed by atoms with Crippen molar-refractivity contribution in [3.05, 3.63) is 59.7 Å². The number of nitriles is 1. The summed E-state index contributed by atoms with van der Waals surface area (Å²) in [4.78, 5) is 12.3. The molecular formula is C18H13F3N2O3. The van der Waals surface area contributed by atoms with Crippen molar-refractivity contribution in [2.24, 2.45) is 0 Å². The molecule has 0 aliphatic carbocycles. The molecule has 0 aliphatic rings. The minimum Gasteiger partial charge on any atom is -0.495 e. The van der Waals surface area contributed by atoms with Crippen molar-refractivity contribution in [1.82, 2.24) is 0 Å². The van der Waals surface area contributed by atoms with E-state index in [1.54, 1.807) is 30.3 Å². The number of para-hydroxylation sites is 3. The average molecular weight is 362 g/mol. The fourth-order valence-corrected chi connectivity index (χ4v) is 2.06. The van der Waals surface area contributed by atoms with Crippen molar-refractivity contribution in [3.8, 4) is 17.6 Å². The number of amides is 1. The van der Waals surface area contributed by atoms with Crippen molar-refractivity contribution in [3.63, 3.8) is 0 Å². The molecule has 0 radical (unpaired) electrons. The van der Waals surface area contributed by atoms with Gasteiger partial charge in [0.2, 0.25) is 0 Å². The first kappa shape index (κ1) is 18.9. The molecule has 0 aliphatic heterocycles. The maximum atomic E-state index is 12.5. The Morgan fingerprint density at radius 3 is 2.35 bits per heavy atom. The number of carbonyl (C=O) groups is 1. The molecule has 2 rings (SSSR count). The number of carbonyl (C=O) groups excluding carboxylic acids is 1. The molecule has 1 N–H and O–H groups in total. The normalized spacial score (nSPS) is 11.4. The van der Waals surface area contributed by atoms with Gasteiger partial charge in [0.1, 0.15) is 23.1 Å². The highest BCUT2D eigenvalue weighted by Gasteiger charge is 2.31. The summed E-state index contributed by atoms with van der Waals surface area (Å²) in [7, 11) is 1.41. The van der Waals surface area contributed by atoms with Gasteiger partial charge in [-0.2, -0.15) is 5.26 Å². The second kappa shape index (κ2) is 8.07. The van der Waals surface area contributed by atoms with Crippen molar-refractivity contribution >= 4 is 17.7 Å². The van der Waals surface area contributed by atoms with E-state index in [0.29, 0.717) is 11.4 Å². The van der Waals surface area contributed by atoms with Gasteiger partial charge in [0.15, 0.2) is 0 Å². The summed E-state index contributed by atoms with van der Waals surface area (Å²) in [6.45, 7) is 0. The molecular weight excluding hydrogens is 349 g/mol. The summed E-state index contributed by atoms with van der Waals surface area (Å²) >= 11 is 0. The predicted octanol–water partition coefficient (Wildman–Crippen LogP) is 4.14. The number of alkyl halides is 3. The first-order valence-electron chi connectivity index (χ1n) is 7.25. The van der Waals surface area contributed by atoms with Gasteiger partial charge in [-0.1, -0.05) is 30.3 Å². The van der Waals surface area contributed by atoms with Crippen LogP contribution in [0.1, 0.15) is 5.56 Å². The highest BCUT2D eigenvalue weighted by atomic mass is 19.4. The molecule has 0 saturated heterocycles. The van der Waals surface area contributed by atoms with E-state index in [0.717, 1.165) is 12.1 Å². The van der Waals surface area contributed by atoms with Crippen LogP contribution in [0, 0.1) is 11.3 Å². The van der Waals surface area contributed by atoms with Crippen LogP contribution in [0.25, 0.3) is 6.08 Å². The molecule has 0 atom stereocenters. The minimum absolute atomic E-state index is 0.0587. The largest absolute Gasteiger partial charge is 0.573 e. The van der Waals surface area contributed by atoms with Crippen molar-refractivity contribution in [1.29, 1.82) is 5.26 Å². The molecule has 2 aromatic rings. The molecule has 0 unspecified atom stereocenters. The van der Waals surface area contributed by atoms with Crippen LogP contribution in [0.3, 0.4) is 0 Å². The summed E-state index contributed by atoms with van der Waals surface area (Å²) in [6, 6.07) is 13.4. The van der Waals surface area contributed by atoms with Gasteiger partial charge in [-0.15, -0.1) is 13.2 Å². The van der Waals surface area contributed by atoms with E-state index >= 15 is 0 Å². The van der Waals surface area contributed by atoms with Crippen LogP contribution in [0.15, 0.2) is 54.1 Å². The highest BCUT2D eigenvalue weighted by Crippen LogP contribution is 2.28. The molecule has 0 spiro atoms. The summed E-state index contributed by atoms with van der Waals surface area (Å²) in [5.41, 5.74) is -0.133. The number of benzene rings is 2. The van der Waals surface area contributed by atoms with Crippen LogP contribution < -0.4 is 14.8 Å². The van der Waals surface area contributed by atoms with Crippen LogP contribution in [0.5, 0.6) is 11.5 Å². The maximum Gasteiger partial charge on any atom is 0.573 e. The molecule has 0 aromatic heterocycles. The lowest BCUT2D eigenvalue weighted by Crippen LogP contribution is -2.18. The third kappa shape index (κ3) is 5.01. The number of nitrogens with one attached hydrogen (secondary N) is 1. The maximum absolute atomic E-state index is 12.5. The van der Waals surface area contributed by atoms with Crippen molar-refractivity contribution in [2.45, 2.75) is 6.36 Å². The van der Waals surface area contributed by atoms with Crippen LogP contribution >= 0.6 is 0 Å². The molecule has 8 heteroatoms. The van der Waals surface area contributed by atoms with E-state index < -0.39 is 23.6 Å². The fourth-order valence-electron chi connectivity index (χ4n) is 2.06. The highest BCUT2D eigenvalue weighted by molar-refractivity contribution is 6.10. The Morgan fingerprint density at radius 1 is 1.12 bits per heavy atom. The second-order valence-electron chi connectivity index (χ2n) is 4.91. The zero-order chi connectivity index (χ0) is 19.2. The lowest BCUT2D eigenvalue weighted by molar-refractivity contribution is -0.274. The summed E-state index contributed by atoms with van der Waals surface area (Å²) < 4.78 is 46.4.